The van der Waals surface area contributed by atoms with Gasteiger partial charge in [0.2, 0.25) is 0 Å². The largest absolute Gasteiger partial charge is 1.00 e. The maximum absolute atomic E-state index is 8.74. The van der Waals surface area contributed by atoms with Gasteiger partial charge in [-0.15, -0.1) is 0 Å². The molecule has 8 nitrogen and oxygen atoms in total. The first-order valence-electron chi connectivity index (χ1n) is 1.37. The van der Waals surface area contributed by atoms with Crippen LogP contribution in [0.2, 0.25) is 0 Å². The second-order valence-corrected chi connectivity index (χ2v) is 2.57. The Hall–Kier alpha value is 1.34. The van der Waals surface area contributed by atoms with Crippen LogP contribution in [0, 0.1) is 0 Å². The Morgan fingerprint density at radius 3 is 0.917 bits per heavy atom. The van der Waals surface area contributed by atoms with Gasteiger partial charge in [-0.25, -0.2) is 0 Å². The normalized spacial score (nSPS) is 9.67. The Balaban J connectivity index is -0.0000000457. The van der Waals surface area contributed by atoms with Crippen LogP contribution in [0.4, 0.5) is 0 Å². The zero-order chi connectivity index (χ0) is 9.00. The number of hydrogen-bond donors (Lipinski definition) is 2. The minimum atomic E-state index is -5.17. The molecule has 0 heterocycles. The van der Waals surface area contributed by atoms with E-state index in [1.807, 2.05) is 0 Å². The van der Waals surface area contributed by atoms with E-state index in [9.17, 15) is 0 Å². The summed E-state index contributed by atoms with van der Waals surface area (Å²) in [5.74, 6) is 0. The summed E-state index contributed by atoms with van der Waals surface area (Å²) in [5.41, 5.74) is 0. The van der Waals surface area contributed by atoms with Crippen molar-refractivity contribution in [3.05, 3.63) is 0 Å². The molecule has 0 aromatic carbocycles. The van der Waals surface area contributed by atoms with E-state index in [2.05, 4.69) is 0 Å². The molecule has 0 aromatic rings. The van der Waals surface area contributed by atoms with Gasteiger partial charge in [-0.05, 0) is 0 Å². The topological polar surface area (TPSA) is 155 Å². The van der Waals surface area contributed by atoms with Gasteiger partial charge in [0.05, 0.1) is 0 Å². The third-order valence-corrected chi connectivity index (χ3v) is 0. The zero-order valence-electron chi connectivity index (χ0n) is 6.16. The van der Waals surface area contributed by atoms with Crippen molar-refractivity contribution in [1.29, 1.82) is 0 Å². The second-order valence-electron chi connectivity index (χ2n) is 0.856. The summed E-state index contributed by atoms with van der Waals surface area (Å²) < 4.78 is 65.7. The fraction of sp³-hybridized carbons (Fsp3) is 0. The van der Waals surface area contributed by atoms with E-state index in [1.54, 1.807) is 0 Å². The van der Waals surface area contributed by atoms with Crippen LogP contribution in [0.3, 0.4) is 0 Å². The molecule has 0 bridgehead atoms. The van der Waals surface area contributed by atoms with E-state index in [0.29, 0.717) is 0 Å². The van der Waals surface area contributed by atoms with Gasteiger partial charge < -0.3 is 9.11 Å². The molecule has 0 fully saturated rings. The molecule has 0 radical (unpaired) electrons. The molecule has 0 unspecified atom stereocenters. The Bertz CT molecular complexity index is 213. The smallest absolute Gasteiger partial charge is 0.759 e. The molecule has 0 rings (SSSR count). The van der Waals surface area contributed by atoms with Gasteiger partial charge >= 0.3 is 58.8 Å². The summed E-state index contributed by atoms with van der Waals surface area (Å²) in [7, 11) is -9.83. The Morgan fingerprint density at radius 2 is 0.917 bits per heavy atom. The van der Waals surface area contributed by atoms with Crippen molar-refractivity contribution in [3.63, 3.8) is 0 Å². The number of rotatable bonds is 0. The van der Waals surface area contributed by atoms with Gasteiger partial charge in [0, 0.05) is 10.4 Å². The van der Waals surface area contributed by atoms with Crippen LogP contribution in [-0.2, 0) is 20.8 Å². The third-order valence-electron chi connectivity index (χ3n) is 0. The minimum absolute atomic E-state index is 0. The predicted molar refractivity (Wildman–Crippen MR) is 24.7 cm³/mol. The average Bonchev–Trinajstić information content (AvgIpc) is 1.12. The van der Waals surface area contributed by atoms with Gasteiger partial charge in [-0.2, -0.15) is 8.42 Å². The summed E-state index contributed by atoms with van der Waals surface area (Å²) in [5, 5.41) is 0. The molecule has 64 valence electrons. The first-order chi connectivity index (χ1) is 4.00. The van der Waals surface area contributed by atoms with Gasteiger partial charge in [0.25, 0.3) is 0 Å². The van der Waals surface area contributed by atoms with Crippen molar-refractivity contribution in [1.82, 2.24) is 0 Å². The van der Waals surface area contributed by atoms with Crippen LogP contribution >= 0.6 is 0 Å². The molecule has 0 aliphatic carbocycles. The van der Waals surface area contributed by atoms with Crippen molar-refractivity contribution in [2.24, 2.45) is 0 Å². The van der Waals surface area contributed by atoms with Crippen LogP contribution in [0.25, 0.3) is 0 Å². The molecular formula is H2LiNaO8S2. The molecule has 2 N–H and O–H groups in total. The van der Waals surface area contributed by atoms with E-state index in [0.717, 1.165) is 0 Å². The van der Waals surface area contributed by atoms with E-state index >= 15 is 0 Å². The van der Waals surface area contributed by atoms with Crippen LogP contribution in [-0.4, -0.2) is 35.0 Å². The van der Waals surface area contributed by atoms with Crippen LogP contribution in [0.5, 0.6) is 0 Å². The summed E-state index contributed by atoms with van der Waals surface area (Å²) >= 11 is 0. The monoisotopic (exact) mass is 224 g/mol. The van der Waals surface area contributed by atoms with Gasteiger partial charge in [-0.1, -0.05) is 0 Å². The predicted octanol–water partition coefficient (Wildman–Crippen LogP) is -7.98. The first kappa shape index (κ1) is 23.3. The van der Waals surface area contributed by atoms with Crippen LogP contribution < -0.4 is 48.4 Å². The van der Waals surface area contributed by atoms with Crippen LogP contribution in [0.1, 0.15) is 0 Å². The van der Waals surface area contributed by atoms with E-state index in [1.165, 1.54) is 0 Å². The molecule has 0 aliphatic rings. The summed E-state index contributed by atoms with van der Waals surface area (Å²) in [4.78, 5) is 0. The number of hydrogen-bond acceptors (Lipinski definition) is 6. The molecule has 0 aromatic heterocycles. The van der Waals surface area contributed by atoms with Crippen LogP contribution in [0.15, 0.2) is 0 Å². The SMILES string of the molecule is O=S(=O)(O)O.O=S(=O)([O-])[O-].[Li+].[Na+]. The summed E-state index contributed by atoms with van der Waals surface area (Å²) in [6.07, 6.45) is 0. The van der Waals surface area contributed by atoms with Crippen molar-refractivity contribution in [2.75, 3.05) is 0 Å². The fourth-order valence-corrected chi connectivity index (χ4v) is 0. The molecular weight excluding hydrogens is 222 g/mol. The van der Waals surface area contributed by atoms with E-state index in [-0.39, 0.29) is 48.4 Å². The van der Waals surface area contributed by atoms with Gasteiger partial charge in [0.1, 0.15) is 0 Å². The summed E-state index contributed by atoms with van der Waals surface area (Å²) in [6, 6.07) is 0. The molecule has 0 spiro atoms. The van der Waals surface area contributed by atoms with E-state index < -0.39 is 20.8 Å². The molecule has 0 amide bonds. The first-order valence-corrected chi connectivity index (χ1v) is 4.10. The molecule has 12 heavy (non-hydrogen) atoms. The maximum Gasteiger partial charge on any atom is 1.00 e. The third kappa shape index (κ3) is 677. The molecule has 12 heteroatoms. The zero-order valence-corrected chi connectivity index (χ0v) is 9.79. The maximum atomic E-state index is 8.74. The molecule has 0 saturated heterocycles. The fourth-order valence-electron chi connectivity index (χ4n) is 0. The Kier molecular flexibility index (Phi) is 17.3. The quantitative estimate of drug-likeness (QED) is 0.233. The van der Waals surface area contributed by atoms with Crippen molar-refractivity contribution in [3.8, 4) is 0 Å². The molecule has 0 saturated carbocycles. The van der Waals surface area contributed by atoms with Crippen molar-refractivity contribution in [2.45, 2.75) is 0 Å². The Morgan fingerprint density at radius 1 is 0.917 bits per heavy atom. The van der Waals surface area contributed by atoms with Gasteiger partial charge in [-0.3, -0.25) is 17.5 Å². The standard InChI is InChI=1S/Li.Na.2H2O4S/c;;2*1-5(2,3)4/h;;2*(H2,1,2,3,4)/q2*+1;;/p-2. The summed E-state index contributed by atoms with van der Waals surface area (Å²) in [6.45, 7) is 0. The molecule has 0 aliphatic heterocycles. The minimum Gasteiger partial charge on any atom is -0.759 e. The van der Waals surface area contributed by atoms with Crippen molar-refractivity contribution >= 4 is 20.8 Å². The van der Waals surface area contributed by atoms with E-state index in [4.69, 9.17) is 35.0 Å². The Labute approximate surface area is 103 Å². The van der Waals surface area contributed by atoms with Crippen molar-refractivity contribution < 1.29 is 83.5 Å². The molecule has 0 atom stereocenters. The van der Waals surface area contributed by atoms with Gasteiger partial charge in [0.15, 0.2) is 0 Å². The average molecular weight is 224 g/mol. The second kappa shape index (κ2) is 8.91.